The van der Waals surface area contributed by atoms with Crippen molar-refractivity contribution in [1.29, 1.82) is 0 Å². The molecule has 190 valence electrons. The minimum absolute atomic E-state index is 0.559. The predicted molar refractivity (Wildman–Crippen MR) is 132 cm³/mol. The molecule has 7 nitrogen and oxygen atoms in total. The Balaban J connectivity index is 0.000000454. The van der Waals surface area contributed by atoms with Gasteiger partial charge in [0.15, 0.2) is 0 Å². The fourth-order valence-corrected chi connectivity index (χ4v) is 3.72. The number of likely N-dealkylation sites (N-methyl/N-ethyl adjacent to an activating group) is 1. The first-order valence-corrected chi connectivity index (χ1v) is 11.3. The number of H-pyrrole nitrogens is 1. The molecule has 4 aromatic rings. The van der Waals surface area contributed by atoms with Crippen molar-refractivity contribution >= 4 is 28.6 Å². The smallest absolute Gasteiger partial charge is 0.490 e. The van der Waals surface area contributed by atoms with Crippen molar-refractivity contribution in [3.63, 3.8) is 0 Å². The number of hydrogen-bond acceptors (Lipinski definition) is 5. The molecule has 0 aliphatic heterocycles. The van der Waals surface area contributed by atoms with Crippen molar-refractivity contribution in [2.24, 2.45) is 0 Å². The van der Waals surface area contributed by atoms with Crippen molar-refractivity contribution in [1.82, 2.24) is 20.3 Å². The molecular weight excluding hydrogens is 497 g/mol. The van der Waals surface area contributed by atoms with Crippen molar-refractivity contribution in [3.8, 4) is 28.1 Å². The highest BCUT2D eigenvalue weighted by molar-refractivity contribution is 6.31. The van der Waals surface area contributed by atoms with Gasteiger partial charge in [-0.05, 0) is 54.9 Å². The Morgan fingerprint density at radius 3 is 2.64 bits per heavy atom. The third-order valence-corrected chi connectivity index (χ3v) is 5.54. The van der Waals surface area contributed by atoms with Crippen LogP contribution in [0, 0.1) is 0 Å². The van der Waals surface area contributed by atoms with Crippen LogP contribution in [0.5, 0.6) is 5.75 Å². The van der Waals surface area contributed by atoms with Gasteiger partial charge < -0.3 is 20.1 Å². The number of carboxylic acids is 1. The number of aromatic amines is 1. The highest BCUT2D eigenvalue weighted by Gasteiger charge is 2.38. The molecule has 1 aromatic carbocycles. The summed E-state index contributed by atoms with van der Waals surface area (Å²) in [5.41, 5.74) is 7.04. The van der Waals surface area contributed by atoms with Crippen LogP contribution in [0.15, 0.2) is 55.0 Å². The van der Waals surface area contributed by atoms with E-state index in [2.05, 4.69) is 33.3 Å². The van der Waals surface area contributed by atoms with Crippen LogP contribution in [0.25, 0.3) is 33.4 Å². The number of benzene rings is 1. The van der Waals surface area contributed by atoms with Crippen LogP contribution in [0.1, 0.15) is 12.5 Å². The number of halogens is 4. The molecule has 0 atom stereocenters. The Bertz CT molecular complexity index is 1340. The number of aromatic nitrogens is 3. The van der Waals surface area contributed by atoms with Gasteiger partial charge in [0.2, 0.25) is 0 Å². The molecule has 3 N–H and O–H groups in total. The quantitative estimate of drug-likeness (QED) is 0.269. The fourth-order valence-electron chi connectivity index (χ4n) is 3.47. The molecule has 0 saturated carbocycles. The lowest BCUT2D eigenvalue weighted by Crippen LogP contribution is -2.21. The van der Waals surface area contributed by atoms with E-state index in [1.807, 2.05) is 43.6 Å². The van der Waals surface area contributed by atoms with E-state index in [-0.39, 0.29) is 0 Å². The van der Waals surface area contributed by atoms with E-state index in [1.165, 1.54) is 0 Å². The Morgan fingerprint density at radius 1 is 1.22 bits per heavy atom. The average Bonchev–Trinajstić information content (AvgIpc) is 3.24. The first kappa shape index (κ1) is 27.0. The molecular formula is C25H24ClF3N4O3. The SMILES string of the molecule is CCc1cc(-c2c(-c3ccncc3OCCNC)[nH]c3cccnc23)ccc1Cl.O=C(O)C(F)(F)F. The number of aliphatic carboxylic acids is 1. The lowest BCUT2D eigenvalue weighted by atomic mass is 9.98. The molecule has 0 saturated heterocycles. The Kier molecular flexibility index (Phi) is 8.89. The molecule has 0 unspecified atom stereocenters. The van der Waals surface area contributed by atoms with Crippen LogP contribution in [0.3, 0.4) is 0 Å². The molecule has 3 heterocycles. The third-order valence-electron chi connectivity index (χ3n) is 5.18. The number of carboxylic acid groups (broad SMARTS) is 1. The zero-order valence-electron chi connectivity index (χ0n) is 19.5. The van der Waals surface area contributed by atoms with Gasteiger partial charge in [0.05, 0.1) is 22.9 Å². The van der Waals surface area contributed by atoms with E-state index in [0.29, 0.717) is 6.61 Å². The minimum Gasteiger partial charge on any atom is -0.490 e. The maximum atomic E-state index is 10.6. The summed E-state index contributed by atoms with van der Waals surface area (Å²) in [7, 11) is 1.90. The van der Waals surface area contributed by atoms with Gasteiger partial charge in [0, 0.05) is 35.1 Å². The molecule has 3 aromatic heterocycles. The summed E-state index contributed by atoms with van der Waals surface area (Å²) in [6.45, 7) is 3.42. The summed E-state index contributed by atoms with van der Waals surface area (Å²) >= 11 is 6.37. The molecule has 0 fully saturated rings. The molecule has 36 heavy (non-hydrogen) atoms. The number of hydrogen-bond donors (Lipinski definition) is 3. The van der Waals surface area contributed by atoms with Crippen LogP contribution < -0.4 is 10.1 Å². The number of aryl methyl sites for hydroxylation is 1. The summed E-state index contributed by atoms with van der Waals surface area (Å²) < 4.78 is 37.7. The number of nitrogens with zero attached hydrogens (tertiary/aromatic N) is 2. The molecule has 0 radical (unpaired) electrons. The summed E-state index contributed by atoms with van der Waals surface area (Å²) in [6, 6.07) is 12.1. The molecule has 0 amide bonds. The number of carbonyl (C=O) groups is 1. The first-order valence-electron chi connectivity index (χ1n) is 10.9. The Labute approximate surface area is 210 Å². The number of fused-ring (bicyclic) bond motifs is 1. The highest BCUT2D eigenvalue weighted by atomic mass is 35.5. The summed E-state index contributed by atoms with van der Waals surface area (Å²) in [5.74, 6) is -2.02. The van der Waals surface area contributed by atoms with Gasteiger partial charge in [-0.1, -0.05) is 24.6 Å². The van der Waals surface area contributed by atoms with E-state index in [4.69, 9.17) is 26.2 Å². The van der Waals surface area contributed by atoms with Crippen LogP contribution >= 0.6 is 11.6 Å². The highest BCUT2D eigenvalue weighted by Crippen LogP contribution is 2.41. The lowest BCUT2D eigenvalue weighted by Gasteiger charge is -2.12. The van der Waals surface area contributed by atoms with Gasteiger partial charge in [0.25, 0.3) is 0 Å². The maximum Gasteiger partial charge on any atom is 0.490 e. The van der Waals surface area contributed by atoms with Gasteiger partial charge in [0.1, 0.15) is 12.4 Å². The zero-order valence-corrected chi connectivity index (χ0v) is 20.2. The van der Waals surface area contributed by atoms with E-state index in [0.717, 1.165) is 62.7 Å². The molecule has 0 spiro atoms. The monoisotopic (exact) mass is 520 g/mol. The second-order valence-electron chi connectivity index (χ2n) is 7.56. The number of alkyl halides is 3. The Hall–Kier alpha value is -3.63. The summed E-state index contributed by atoms with van der Waals surface area (Å²) in [4.78, 5) is 21.3. The van der Waals surface area contributed by atoms with E-state index in [1.54, 1.807) is 12.4 Å². The lowest BCUT2D eigenvalue weighted by molar-refractivity contribution is -0.192. The molecule has 0 aliphatic carbocycles. The van der Waals surface area contributed by atoms with E-state index in [9.17, 15) is 13.2 Å². The van der Waals surface area contributed by atoms with Gasteiger partial charge in [-0.25, -0.2) is 4.79 Å². The molecule has 0 bridgehead atoms. The van der Waals surface area contributed by atoms with Crippen molar-refractivity contribution in [2.75, 3.05) is 20.2 Å². The topological polar surface area (TPSA) is 100 Å². The summed E-state index contributed by atoms with van der Waals surface area (Å²) in [6.07, 6.45) is 1.14. The van der Waals surface area contributed by atoms with Gasteiger partial charge in [-0.15, -0.1) is 0 Å². The van der Waals surface area contributed by atoms with Crippen molar-refractivity contribution in [2.45, 2.75) is 19.5 Å². The largest absolute Gasteiger partial charge is 0.490 e. The van der Waals surface area contributed by atoms with Crippen LogP contribution in [0.4, 0.5) is 13.2 Å². The minimum atomic E-state index is -5.08. The number of ether oxygens (including phenoxy) is 1. The number of nitrogens with one attached hydrogen (secondary N) is 2. The zero-order chi connectivity index (χ0) is 26.3. The van der Waals surface area contributed by atoms with E-state index >= 15 is 0 Å². The van der Waals surface area contributed by atoms with Gasteiger partial charge >= 0.3 is 12.1 Å². The third kappa shape index (κ3) is 6.32. The second kappa shape index (κ2) is 11.9. The molecule has 0 aliphatic rings. The number of rotatable bonds is 7. The summed E-state index contributed by atoms with van der Waals surface area (Å²) in [5, 5.41) is 11.0. The van der Waals surface area contributed by atoms with Crippen LogP contribution in [-0.2, 0) is 11.2 Å². The van der Waals surface area contributed by atoms with Crippen LogP contribution in [-0.4, -0.2) is 52.4 Å². The normalized spacial score (nSPS) is 11.2. The maximum absolute atomic E-state index is 10.6. The Morgan fingerprint density at radius 2 is 1.97 bits per heavy atom. The average molecular weight is 521 g/mol. The van der Waals surface area contributed by atoms with Crippen LogP contribution in [0.2, 0.25) is 5.02 Å². The van der Waals surface area contributed by atoms with Crippen molar-refractivity contribution in [3.05, 3.63) is 65.6 Å². The standard InChI is InChI=1S/C23H23ClN4O.C2HF3O2/c1-3-15-13-16(6-7-18(15)24)21-22(28-19-5-4-9-27-23(19)21)17-8-10-26-14-20(17)29-12-11-25-2;3-2(4,5)1(6)7/h4-10,13-14,25,28H,3,11-12H2,1-2H3;(H,6,7). The molecule has 4 rings (SSSR count). The van der Waals surface area contributed by atoms with Gasteiger partial charge in [-0.3, -0.25) is 9.97 Å². The van der Waals surface area contributed by atoms with Gasteiger partial charge in [-0.2, -0.15) is 13.2 Å². The fraction of sp³-hybridized carbons (Fsp3) is 0.240. The molecule has 11 heteroatoms. The van der Waals surface area contributed by atoms with Crippen molar-refractivity contribution < 1.29 is 27.8 Å². The predicted octanol–water partition coefficient (Wildman–Crippen LogP) is 5.74. The van der Waals surface area contributed by atoms with E-state index < -0.39 is 12.1 Å². The first-order chi connectivity index (χ1) is 17.2. The number of pyridine rings is 2. The second-order valence-corrected chi connectivity index (χ2v) is 7.97.